The molecular weight excluding hydrogens is 351 g/mol. The second-order valence-corrected chi connectivity index (χ2v) is 6.79. The summed E-state index contributed by atoms with van der Waals surface area (Å²) in [7, 11) is 0. The molecule has 4 rings (SSSR count). The number of fused-ring (bicyclic) bond motifs is 1. The number of halogens is 2. The maximum Gasteiger partial charge on any atom is 0.229 e. The Hall–Kier alpha value is -2.66. The molecule has 0 aliphatic carbocycles. The Morgan fingerprint density at radius 1 is 1.08 bits per heavy atom. The van der Waals surface area contributed by atoms with E-state index in [0.29, 0.717) is 11.6 Å². The van der Waals surface area contributed by atoms with Crippen molar-refractivity contribution in [3.63, 3.8) is 0 Å². The molecule has 1 N–H and O–H groups in total. The molecule has 0 unspecified atom stereocenters. The summed E-state index contributed by atoms with van der Waals surface area (Å²) >= 11 is 5.85. The highest BCUT2D eigenvalue weighted by molar-refractivity contribution is 6.31. The maximum absolute atomic E-state index is 13.3. The molecule has 0 saturated heterocycles. The Morgan fingerprint density at radius 3 is 2.69 bits per heavy atom. The van der Waals surface area contributed by atoms with Crippen molar-refractivity contribution in [2.24, 2.45) is 0 Å². The van der Waals surface area contributed by atoms with Crippen molar-refractivity contribution >= 4 is 29.1 Å². The Bertz CT molecular complexity index is 960. The van der Waals surface area contributed by atoms with Crippen LogP contribution in [-0.2, 0) is 13.0 Å². The number of rotatable bonds is 3. The van der Waals surface area contributed by atoms with Gasteiger partial charge >= 0.3 is 0 Å². The van der Waals surface area contributed by atoms with Crippen molar-refractivity contribution in [3.05, 3.63) is 76.2 Å². The van der Waals surface area contributed by atoms with Crippen LogP contribution in [0.3, 0.4) is 0 Å². The van der Waals surface area contributed by atoms with Crippen LogP contribution >= 0.6 is 11.6 Å². The summed E-state index contributed by atoms with van der Waals surface area (Å²) in [6, 6.07) is 14.9. The van der Waals surface area contributed by atoms with Crippen molar-refractivity contribution in [1.29, 1.82) is 0 Å². The van der Waals surface area contributed by atoms with E-state index in [2.05, 4.69) is 44.5 Å². The van der Waals surface area contributed by atoms with Crippen LogP contribution in [0.5, 0.6) is 0 Å². The van der Waals surface area contributed by atoms with Crippen LogP contribution in [0, 0.1) is 12.7 Å². The lowest BCUT2D eigenvalue weighted by Gasteiger charge is -2.30. The van der Waals surface area contributed by atoms with Gasteiger partial charge in [0, 0.05) is 30.5 Å². The van der Waals surface area contributed by atoms with Crippen LogP contribution in [0.4, 0.5) is 21.8 Å². The van der Waals surface area contributed by atoms with Crippen molar-refractivity contribution in [2.45, 2.75) is 19.9 Å². The van der Waals surface area contributed by atoms with Gasteiger partial charge in [-0.2, -0.15) is 4.98 Å². The number of benzene rings is 2. The average molecular weight is 369 g/mol. The summed E-state index contributed by atoms with van der Waals surface area (Å²) in [5.41, 5.74) is 4.24. The molecule has 2 heterocycles. The van der Waals surface area contributed by atoms with E-state index < -0.39 is 5.82 Å². The molecule has 0 fully saturated rings. The molecule has 0 saturated carbocycles. The minimum absolute atomic E-state index is 0.0653. The average Bonchev–Trinajstić information content (AvgIpc) is 2.64. The Morgan fingerprint density at radius 2 is 1.88 bits per heavy atom. The molecule has 3 aromatic rings. The van der Waals surface area contributed by atoms with Gasteiger partial charge in [0.05, 0.1) is 5.02 Å². The minimum atomic E-state index is -0.449. The number of aryl methyl sites for hydroxylation is 1. The van der Waals surface area contributed by atoms with Crippen LogP contribution < -0.4 is 10.2 Å². The van der Waals surface area contributed by atoms with E-state index in [0.717, 1.165) is 31.0 Å². The van der Waals surface area contributed by atoms with E-state index in [9.17, 15) is 4.39 Å². The zero-order valence-electron chi connectivity index (χ0n) is 14.3. The lowest BCUT2D eigenvalue weighted by molar-refractivity contribution is 0.628. The molecule has 2 aromatic carbocycles. The molecule has 6 heteroatoms. The first-order chi connectivity index (χ1) is 12.6. The first-order valence-corrected chi connectivity index (χ1v) is 8.86. The Kier molecular flexibility index (Phi) is 4.47. The smallest absolute Gasteiger partial charge is 0.229 e. The summed E-state index contributed by atoms with van der Waals surface area (Å²) in [4.78, 5) is 11.3. The van der Waals surface area contributed by atoms with E-state index >= 15 is 0 Å². The molecular formula is C20H18ClFN4. The summed E-state index contributed by atoms with van der Waals surface area (Å²) < 4.78 is 13.3. The van der Waals surface area contributed by atoms with Gasteiger partial charge in [0.15, 0.2) is 0 Å². The van der Waals surface area contributed by atoms with E-state index in [-0.39, 0.29) is 5.02 Å². The summed E-state index contributed by atoms with van der Waals surface area (Å²) in [5, 5.41) is 3.18. The van der Waals surface area contributed by atoms with Gasteiger partial charge in [-0.05, 0) is 42.7 Å². The fourth-order valence-electron chi connectivity index (χ4n) is 3.16. The first kappa shape index (κ1) is 16.8. The fourth-order valence-corrected chi connectivity index (χ4v) is 3.34. The van der Waals surface area contributed by atoms with Crippen molar-refractivity contribution in [3.8, 4) is 0 Å². The standard InChI is InChI=1S/C20H18ClFN4/c1-13-10-19(26-9-8-14-4-2-3-5-15(14)12-26)25-20(23-13)24-16-6-7-18(22)17(21)11-16/h2-7,10-11H,8-9,12H2,1H3,(H,23,24,25). The highest BCUT2D eigenvalue weighted by atomic mass is 35.5. The molecule has 0 bridgehead atoms. The minimum Gasteiger partial charge on any atom is -0.352 e. The second-order valence-electron chi connectivity index (χ2n) is 6.39. The van der Waals surface area contributed by atoms with Gasteiger partial charge in [-0.15, -0.1) is 0 Å². The molecule has 0 atom stereocenters. The molecule has 0 radical (unpaired) electrons. The van der Waals surface area contributed by atoms with E-state index in [1.807, 2.05) is 13.0 Å². The van der Waals surface area contributed by atoms with Crippen LogP contribution in [0.2, 0.25) is 5.02 Å². The number of nitrogens with zero attached hydrogens (tertiary/aromatic N) is 3. The number of nitrogens with one attached hydrogen (secondary N) is 1. The summed E-state index contributed by atoms with van der Waals surface area (Å²) in [6.45, 7) is 3.68. The Labute approximate surface area is 156 Å². The van der Waals surface area contributed by atoms with Crippen molar-refractivity contribution in [2.75, 3.05) is 16.8 Å². The SMILES string of the molecule is Cc1cc(N2CCc3ccccc3C2)nc(Nc2ccc(F)c(Cl)c2)n1. The third kappa shape index (κ3) is 3.48. The first-order valence-electron chi connectivity index (χ1n) is 8.48. The second kappa shape index (κ2) is 6.92. The zero-order chi connectivity index (χ0) is 18.1. The van der Waals surface area contributed by atoms with Crippen molar-refractivity contribution in [1.82, 2.24) is 9.97 Å². The van der Waals surface area contributed by atoms with E-state index in [1.165, 1.54) is 23.3 Å². The lowest BCUT2D eigenvalue weighted by atomic mass is 10.00. The van der Waals surface area contributed by atoms with Gasteiger partial charge in [0.25, 0.3) is 0 Å². The lowest BCUT2D eigenvalue weighted by Crippen LogP contribution is -2.31. The third-order valence-corrected chi connectivity index (χ3v) is 4.76. The van der Waals surface area contributed by atoms with Gasteiger partial charge in [-0.25, -0.2) is 9.37 Å². The van der Waals surface area contributed by atoms with Gasteiger partial charge < -0.3 is 10.2 Å². The molecule has 0 spiro atoms. The van der Waals surface area contributed by atoms with E-state index in [4.69, 9.17) is 11.6 Å². The number of hydrogen-bond donors (Lipinski definition) is 1. The van der Waals surface area contributed by atoms with Crippen LogP contribution in [0.1, 0.15) is 16.8 Å². The monoisotopic (exact) mass is 368 g/mol. The molecule has 0 amide bonds. The molecule has 4 nitrogen and oxygen atoms in total. The van der Waals surface area contributed by atoms with Gasteiger partial charge in [-0.1, -0.05) is 35.9 Å². The fraction of sp³-hybridized carbons (Fsp3) is 0.200. The summed E-state index contributed by atoms with van der Waals surface area (Å²) in [5.74, 6) is 0.902. The zero-order valence-corrected chi connectivity index (χ0v) is 15.1. The number of hydrogen-bond acceptors (Lipinski definition) is 4. The quantitative estimate of drug-likeness (QED) is 0.715. The predicted molar refractivity (Wildman–Crippen MR) is 103 cm³/mol. The molecule has 1 aliphatic rings. The van der Waals surface area contributed by atoms with Gasteiger partial charge in [0.2, 0.25) is 5.95 Å². The molecule has 1 aromatic heterocycles. The predicted octanol–water partition coefficient (Wildman–Crippen LogP) is 4.88. The molecule has 132 valence electrons. The largest absolute Gasteiger partial charge is 0.352 e. The number of aromatic nitrogens is 2. The van der Waals surface area contributed by atoms with Gasteiger partial charge in [-0.3, -0.25) is 0 Å². The van der Waals surface area contributed by atoms with E-state index in [1.54, 1.807) is 6.07 Å². The molecule has 1 aliphatic heterocycles. The summed E-state index contributed by atoms with van der Waals surface area (Å²) in [6.07, 6.45) is 0.996. The maximum atomic E-state index is 13.3. The highest BCUT2D eigenvalue weighted by Gasteiger charge is 2.18. The van der Waals surface area contributed by atoms with Crippen LogP contribution in [-0.4, -0.2) is 16.5 Å². The highest BCUT2D eigenvalue weighted by Crippen LogP contribution is 2.26. The third-order valence-electron chi connectivity index (χ3n) is 4.47. The normalized spacial score (nSPS) is 13.4. The number of anilines is 3. The topological polar surface area (TPSA) is 41.1 Å². The van der Waals surface area contributed by atoms with Crippen molar-refractivity contribution < 1.29 is 4.39 Å². The Balaban J connectivity index is 1.59. The molecule has 26 heavy (non-hydrogen) atoms. The van der Waals surface area contributed by atoms with Gasteiger partial charge in [0.1, 0.15) is 11.6 Å². The van der Waals surface area contributed by atoms with Crippen LogP contribution in [0.15, 0.2) is 48.5 Å². The van der Waals surface area contributed by atoms with Crippen LogP contribution in [0.25, 0.3) is 0 Å².